The van der Waals surface area contributed by atoms with E-state index in [1.54, 1.807) is 4.90 Å². The number of H-pyrrole nitrogens is 1. The second-order valence-corrected chi connectivity index (χ2v) is 6.03. The number of nitrogens with two attached hydrogens (primary N) is 1. The first-order chi connectivity index (χ1) is 9.57. The number of carbonyl (C=O) groups excluding carboxylic acids is 1. The zero-order valence-electron chi connectivity index (χ0n) is 11.1. The Morgan fingerprint density at radius 3 is 2.80 bits per heavy atom. The largest absolute Gasteiger partial charge is 0.397 e. The van der Waals surface area contributed by atoms with E-state index in [0.717, 1.165) is 23.7 Å². The number of nitrogens with zero attached hydrogens (tertiary/aromatic N) is 1. The van der Waals surface area contributed by atoms with Gasteiger partial charge in [0, 0.05) is 5.39 Å². The van der Waals surface area contributed by atoms with Crippen LogP contribution in [0.3, 0.4) is 0 Å². The molecule has 1 aromatic heterocycles. The van der Waals surface area contributed by atoms with Gasteiger partial charge in [-0.1, -0.05) is 12.1 Å². The zero-order valence-corrected chi connectivity index (χ0v) is 11.1. The molecule has 1 saturated heterocycles. The quantitative estimate of drug-likeness (QED) is 0.721. The summed E-state index contributed by atoms with van der Waals surface area (Å²) in [5, 5.41) is 11.2. The molecule has 4 rings (SSSR count). The Morgan fingerprint density at radius 2 is 2.15 bits per heavy atom. The Labute approximate surface area is 116 Å². The molecule has 1 aliphatic heterocycles. The van der Waals surface area contributed by atoms with Crippen molar-refractivity contribution in [1.82, 2.24) is 9.88 Å². The van der Waals surface area contributed by atoms with Crippen LogP contribution in [0.25, 0.3) is 10.9 Å². The van der Waals surface area contributed by atoms with Crippen molar-refractivity contribution >= 4 is 22.5 Å². The van der Waals surface area contributed by atoms with E-state index in [1.165, 1.54) is 0 Å². The Hall–Kier alpha value is -2.01. The topological polar surface area (TPSA) is 82.3 Å². The molecule has 5 heteroatoms. The Bertz CT molecular complexity index is 696. The molecular formula is C15H17N3O2. The maximum Gasteiger partial charge on any atom is 0.270 e. The number of β-amino-alcohol motifs (C(OH)–C–C–N with tert-alkyl or cyclic N) is 1. The molecule has 5 nitrogen and oxygen atoms in total. The number of nitrogen functional groups attached to an aromatic ring is 1. The van der Waals surface area contributed by atoms with Crippen molar-refractivity contribution in [2.45, 2.75) is 18.4 Å². The SMILES string of the molecule is Nc1cccc2cc(C(=O)N3CC(O)(C4CC4)C3)[nH]c12. The van der Waals surface area contributed by atoms with Crippen LogP contribution in [0.4, 0.5) is 5.69 Å². The van der Waals surface area contributed by atoms with E-state index in [9.17, 15) is 9.90 Å². The molecule has 2 aromatic rings. The van der Waals surface area contributed by atoms with Crippen LogP contribution in [0, 0.1) is 5.92 Å². The molecule has 4 N–H and O–H groups in total. The van der Waals surface area contributed by atoms with Crippen molar-refractivity contribution in [2.75, 3.05) is 18.8 Å². The smallest absolute Gasteiger partial charge is 0.270 e. The number of para-hydroxylation sites is 1. The number of fused-ring (bicyclic) bond motifs is 1. The molecule has 104 valence electrons. The summed E-state index contributed by atoms with van der Waals surface area (Å²) in [5.74, 6) is 0.329. The summed E-state index contributed by atoms with van der Waals surface area (Å²) in [6.45, 7) is 0.892. The molecule has 0 radical (unpaired) electrons. The number of hydrogen-bond donors (Lipinski definition) is 3. The molecule has 1 aliphatic carbocycles. The molecule has 1 saturated carbocycles. The van der Waals surface area contributed by atoms with Gasteiger partial charge in [0.15, 0.2) is 0 Å². The van der Waals surface area contributed by atoms with Crippen molar-refractivity contribution in [3.8, 4) is 0 Å². The van der Waals surface area contributed by atoms with Crippen LogP contribution in [0.5, 0.6) is 0 Å². The Balaban J connectivity index is 1.57. The molecule has 0 bridgehead atoms. The van der Waals surface area contributed by atoms with Gasteiger partial charge in [0.25, 0.3) is 5.91 Å². The number of carbonyl (C=O) groups is 1. The van der Waals surface area contributed by atoms with Crippen molar-refractivity contribution < 1.29 is 9.90 Å². The normalized spacial score (nSPS) is 20.9. The van der Waals surface area contributed by atoms with Crippen molar-refractivity contribution in [1.29, 1.82) is 0 Å². The first kappa shape index (κ1) is 11.8. The number of nitrogens with one attached hydrogen (secondary N) is 1. The number of anilines is 1. The highest BCUT2D eigenvalue weighted by Gasteiger charge is 2.53. The van der Waals surface area contributed by atoms with Gasteiger partial charge in [-0.15, -0.1) is 0 Å². The highest BCUT2D eigenvalue weighted by Crippen LogP contribution is 2.44. The maximum absolute atomic E-state index is 12.4. The summed E-state index contributed by atoms with van der Waals surface area (Å²) in [5.41, 5.74) is 7.23. The van der Waals surface area contributed by atoms with Crippen molar-refractivity contribution in [3.63, 3.8) is 0 Å². The summed E-state index contributed by atoms with van der Waals surface area (Å²) < 4.78 is 0. The van der Waals surface area contributed by atoms with Crippen LogP contribution in [0.15, 0.2) is 24.3 Å². The lowest BCUT2D eigenvalue weighted by atomic mass is 9.88. The molecule has 1 amide bonds. The lowest BCUT2D eigenvalue weighted by molar-refractivity contribution is -0.0959. The molecule has 20 heavy (non-hydrogen) atoms. The first-order valence-corrected chi connectivity index (χ1v) is 6.96. The molecule has 0 unspecified atom stereocenters. The zero-order chi connectivity index (χ0) is 13.9. The third kappa shape index (κ3) is 1.63. The number of amides is 1. The number of aromatic nitrogens is 1. The predicted molar refractivity (Wildman–Crippen MR) is 76.3 cm³/mol. The molecule has 0 atom stereocenters. The summed E-state index contributed by atoms with van der Waals surface area (Å²) in [6.07, 6.45) is 2.17. The predicted octanol–water partition coefficient (Wildman–Crippen LogP) is 1.35. The second kappa shape index (κ2) is 3.76. The average molecular weight is 271 g/mol. The first-order valence-electron chi connectivity index (χ1n) is 6.96. The van der Waals surface area contributed by atoms with E-state index in [0.29, 0.717) is 30.4 Å². The van der Waals surface area contributed by atoms with Crippen LogP contribution in [0.2, 0.25) is 0 Å². The van der Waals surface area contributed by atoms with E-state index in [4.69, 9.17) is 5.73 Å². The highest BCUT2D eigenvalue weighted by molar-refractivity contribution is 6.01. The third-order valence-corrected chi connectivity index (χ3v) is 4.47. The van der Waals surface area contributed by atoms with Gasteiger partial charge in [-0.3, -0.25) is 4.79 Å². The number of aliphatic hydroxyl groups is 1. The van der Waals surface area contributed by atoms with Gasteiger partial charge in [-0.25, -0.2) is 0 Å². The van der Waals surface area contributed by atoms with E-state index < -0.39 is 5.60 Å². The van der Waals surface area contributed by atoms with Crippen molar-refractivity contribution in [3.05, 3.63) is 30.0 Å². The number of aromatic amines is 1. The minimum absolute atomic E-state index is 0.0640. The highest BCUT2D eigenvalue weighted by atomic mass is 16.3. The number of benzene rings is 1. The van der Waals surface area contributed by atoms with Crippen LogP contribution < -0.4 is 5.73 Å². The van der Waals surface area contributed by atoms with Crippen LogP contribution in [0.1, 0.15) is 23.3 Å². The van der Waals surface area contributed by atoms with Gasteiger partial charge in [0.2, 0.25) is 0 Å². The van der Waals surface area contributed by atoms with Crippen LogP contribution >= 0.6 is 0 Å². The Kier molecular flexibility index (Phi) is 2.22. The monoisotopic (exact) mass is 271 g/mol. The van der Waals surface area contributed by atoms with E-state index in [2.05, 4.69) is 4.98 Å². The summed E-state index contributed by atoms with van der Waals surface area (Å²) in [4.78, 5) is 17.2. The fourth-order valence-corrected chi connectivity index (χ4v) is 3.10. The fraction of sp³-hybridized carbons (Fsp3) is 0.400. The van der Waals surface area contributed by atoms with Gasteiger partial charge in [-0.05, 0) is 30.9 Å². The van der Waals surface area contributed by atoms with Gasteiger partial charge in [-0.2, -0.15) is 0 Å². The minimum atomic E-state index is -0.638. The second-order valence-electron chi connectivity index (χ2n) is 6.03. The fourth-order valence-electron chi connectivity index (χ4n) is 3.10. The molecule has 2 heterocycles. The number of likely N-dealkylation sites (tertiary alicyclic amines) is 1. The van der Waals surface area contributed by atoms with E-state index in [1.807, 2.05) is 24.3 Å². The van der Waals surface area contributed by atoms with Gasteiger partial charge in [0.1, 0.15) is 11.3 Å². The summed E-state index contributed by atoms with van der Waals surface area (Å²) in [6, 6.07) is 7.43. The summed E-state index contributed by atoms with van der Waals surface area (Å²) >= 11 is 0. The standard InChI is InChI=1S/C15H17N3O2/c16-11-3-1-2-9-6-12(17-13(9)11)14(19)18-7-15(20,8-18)10-4-5-10/h1-3,6,10,17,20H,4-5,7-8,16H2. The molecule has 2 aliphatic rings. The maximum atomic E-state index is 12.4. The van der Waals surface area contributed by atoms with Gasteiger partial charge >= 0.3 is 0 Å². The van der Waals surface area contributed by atoms with E-state index in [-0.39, 0.29) is 5.91 Å². The number of hydrogen-bond acceptors (Lipinski definition) is 3. The average Bonchev–Trinajstić information content (AvgIpc) is 3.14. The minimum Gasteiger partial charge on any atom is -0.397 e. The molecule has 1 aromatic carbocycles. The lowest BCUT2D eigenvalue weighted by Crippen LogP contribution is -2.64. The molecular weight excluding hydrogens is 254 g/mol. The van der Waals surface area contributed by atoms with Gasteiger partial charge < -0.3 is 20.7 Å². The van der Waals surface area contributed by atoms with E-state index >= 15 is 0 Å². The van der Waals surface area contributed by atoms with Crippen LogP contribution in [-0.4, -0.2) is 39.6 Å². The third-order valence-electron chi connectivity index (χ3n) is 4.47. The van der Waals surface area contributed by atoms with Crippen LogP contribution in [-0.2, 0) is 0 Å². The lowest BCUT2D eigenvalue weighted by Gasteiger charge is -2.46. The molecule has 2 fully saturated rings. The van der Waals surface area contributed by atoms with Crippen molar-refractivity contribution in [2.24, 2.45) is 5.92 Å². The number of rotatable bonds is 2. The summed E-state index contributed by atoms with van der Waals surface area (Å²) in [7, 11) is 0. The van der Waals surface area contributed by atoms with Gasteiger partial charge in [0.05, 0.1) is 24.3 Å². The Morgan fingerprint density at radius 1 is 1.40 bits per heavy atom. The molecule has 0 spiro atoms.